The molecule has 2 aliphatic heterocycles. The molecular formula is C70H50N2Si2. The van der Waals surface area contributed by atoms with Crippen molar-refractivity contribution in [2.45, 2.75) is 12.8 Å². The van der Waals surface area contributed by atoms with Gasteiger partial charge in [-0.2, -0.15) is 0 Å². The first kappa shape index (κ1) is 43.9. The molecule has 10 aromatic carbocycles. The lowest BCUT2D eigenvalue weighted by Gasteiger charge is -2.33. The van der Waals surface area contributed by atoms with Crippen molar-refractivity contribution in [3.8, 4) is 78.4 Å². The highest BCUT2D eigenvalue weighted by Gasteiger charge is 2.50. The topological polar surface area (TPSA) is 25.8 Å². The van der Waals surface area contributed by atoms with Crippen LogP contribution < -0.4 is 36.3 Å². The number of hydrogen-bond donors (Lipinski definition) is 0. The number of fused-ring (bicyclic) bond motifs is 6. The summed E-state index contributed by atoms with van der Waals surface area (Å²) in [4.78, 5) is 10.6. The van der Waals surface area contributed by atoms with Crippen molar-refractivity contribution in [3.05, 3.63) is 284 Å². The Kier molecular flexibility index (Phi) is 10.7. The van der Waals surface area contributed by atoms with Crippen LogP contribution in [0.3, 0.4) is 0 Å². The molecule has 1 aromatic heterocycles. The van der Waals surface area contributed by atoms with Crippen molar-refractivity contribution >= 4 is 52.5 Å². The summed E-state index contributed by atoms with van der Waals surface area (Å²) in [6, 6.07) is 97.2. The molecule has 0 bridgehead atoms. The van der Waals surface area contributed by atoms with Crippen molar-refractivity contribution < 1.29 is 0 Å². The molecule has 1 atom stereocenters. The molecule has 0 saturated heterocycles. The standard InChI is InChI=1S/C70H50N2Si2/c1-7-23-49(24-8-1)64-48-65(72-70(71-64)50-25-9-2-10-26-50)55-44-53(51-39-41-68-62(46-51)60-35-19-21-37-66(60)73(68,56-27-11-3-12-28-56)57-29-13-4-14-30-57)43-54(45-55)52-40-42-69-63(47-52)61-36-20-22-38-67(61)74(69,58-31-15-5-16-32-58)59-33-17-6-18-34-59/h1-5,7-17,19-48H,6,18H2. The van der Waals surface area contributed by atoms with Crippen LogP contribution in [-0.4, -0.2) is 26.1 Å². The van der Waals surface area contributed by atoms with E-state index in [-0.39, 0.29) is 0 Å². The van der Waals surface area contributed by atoms with Gasteiger partial charge < -0.3 is 0 Å². The molecule has 0 saturated carbocycles. The molecular weight excluding hydrogens is 925 g/mol. The predicted octanol–water partition coefficient (Wildman–Crippen LogP) is 12.4. The van der Waals surface area contributed by atoms with E-state index in [4.69, 9.17) is 9.97 Å². The fourth-order valence-electron chi connectivity index (χ4n) is 12.6. The Morgan fingerprint density at radius 1 is 0.284 bits per heavy atom. The van der Waals surface area contributed by atoms with Crippen LogP contribution in [0, 0.1) is 0 Å². The number of rotatable bonds is 9. The molecule has 3 heterocycles. The van der Waals surface area contributed by atoms with E-state index >= 15 is 0 Å². The summed E-state index contributed by atoms with van der Waals surface area (Å²) in [7, 11) is -5.28. The van der Waals surface area contributed by atoms with Gasteiger partial charge in [0, 0.05) is 16.7 Å². The lowest BCUT2D eigenvalue weighted by atomic mass is 9.92. The molecule has 1 aliphatic carbocycles. The van der Waals surface area contributed by atoms with Gasteiger partial charge in [0.25, 0.3) is 0 Å². The molecule has 0 amide bonds. The Morgan fingerprint density at radius 2 is 0.703 bits per heavy atom. The van der Waals surface area contributed by atoms with E-state index in [1.165, 1.54) is 74.9 Å². The summed E-state index contributed by atoms with van der Waals surface area (Å²) in [5.41, 5.74) is 14.8. The summed E-state index contributed by atoms with van der Waals surface area (Å²) in [6.45, 7) is 0. The highest BCUT2D eigenvalue weighted by atomic mass is 28.3. The monoisotopic (exact) mass is 974 g/mol. The Hall–Kier alpha value is -8.81. The molecule has 2 nitrogen and oxygen atoms in total. The van der Waals surface area contributed by atoms with Crippen LogP contribution in [0.1, 0.15) is 12.8 Å². The highest BCUT2D eigenvalue weighted by Crippen LogP contribution is 2.40. The average Bonchev–Trinajstić information content (AvgIpc) is 3.96. The van der Waals surface area contributed by atoms with Gasteiger partial charge in [-0.1, -0.05) is 243 Å². The van der Waals surface area contributed by atoms with Crippen LogP contribution in [0.2, 0.25) is 0 Å². The highest BCUT2D eigenvalue weighted by molar-refractivity contribution is 7.22. The fourth-order valence-corrected chi connectivity index (χ4v) is 23.1. The fraction of sp³-hybridized carbons (Fsp3) is 0.0286. The third-order valence-electron chi connectivity index (χ3n) is 15.9. The maximum Gasteiger partial charge on any atom is 0.180 e. The summed E-state index contributed by atoms with van der Waals surface area (Å²) in [5.74, 6) is 0.702. The summed E-state index contributed by atoms with van der Waals surface area (Å²) in [5, 5.41) is 11.5. The van der Waals surface area contributed by atoms with Crippen LogP contribution in [0.25, 0.3) is 78.4 Å². The van der Waals surface area contributed by atoms with Crippen molar-refractivity contribution in [1.29, 1.82) is 0 Å². The first-order valence-corrected chi connectivity index (χ1v) is 29.9. The normalized spacial score (nSPS) is 15.6. The summed E-state index contributed by atoms with van der Waals surface area (Å²) in [6.07, 6.45) is 9.51. The van der Waals surface area contributed by atoms with Gasteiger partial charge >= 0.3 is 0 Å². The second-order valence-corrected chi connectivity index (χ2v) is 27.3. The number of nitrogens with zero attached hydrogens (tertiary/aromatic N) is 2. The maximum atomic E-state index is 5.42. The smallest absolute Gasteiger partial charge is 0.180 e. The van der Waals surface area contributed by atoms with Gasteiger partial charge in [-0.3, -0.25) is 0 Å². The van der Waals surface area contributed by atoms with Crippen molar-refractivity contribution in [3.63, 3.8) is 0 Å². The molecule has 0 radical (unpaired) electrons. The van der Waals surface area contributed by atoms with Crippen LogP contribution in [0.4, 0.5) is 0 Å². The van der Waals surface area contributed by atoms with Crippen molar-refractivity contribution in [1.82, 2.24) is 9.97 Å². The zero-order valence-electron chi connectivity index (χ0n) is 40.9. The average molecular weight is 975 g/mol. The molecule has 3 aliphatic rings. The van der Waals surface area contributed by atoms with Gasteiger partial charge in [0.05, 0.1) is 11.4 Å². The predicted molar refractivity (Wildman–Crippen MR) is 315 cm³/mol. The second-order valence-electron chi connectivity index (χ2n) is 19.8. The number of benzene rings is 10. The van der Waals surface area contributed by atoms with Gasteiger partial charge in [0.2, 0.25) is 0 Å². The zero-order chi connectivity index (χ0) is 49.1. The molecule has 1 unspecified atom stereocenters. The van der Waals surface area contributed by atoms with E-state index in [1.807, 2.05) is 6.07 Å². The van der Waals surface area contributed by atoms with Crippen molar-refractivity contribution in [2.24, 2.45) is 0 Å². The van der Waals surface area contributed by atoms with Crippen molar-refractivity contribution in [2.75, 3.05) is 0 Å². The van der Waals surface area contributed by atoms with Gasteiger partial charge in [0.1, 0.15) is 0 Å². The lowest BCUT2D eigenvalue weighted by Crippen LogP contribution is -2.72. The Balaban J connectivity index is 1.00. The van der Waals surface area contributed by atoms with Crippen LogP contribution >= 0.6 is 0 Å². The minimum Gasteiger partial charge on any atom is -0.228 e. The van der Waals surface area contributed by atoms with E-state index in [1.54, 1.807) is 0 Å². The number of allylic oxidation sites excluding steroid dienone is 4. The molecule has 0 fully saturated rings. The van der Waals surface area contributed by atoms with E-state index < -0.39 is 16.1 Å². The molecule has 0 spiro atoms. The Labute approximate surface area is 435 Å². The molecule has 4 heteroatoms. The van der Waals surface area contributed by atoms with E-state index in [0.29, 0.717) is 5.82 Å². The Bertz CT molecular complexity index is 3900. The minimum atomic E-state index is -2.66. The van der Waals surface area contributed by atoms with Crippen LogP contribution in [-0.2, 0) is 0 Å². The van der Waals surface area contributed by atoms with E-state index in [2.05, 4.69) is 273 Å². The van der Waals surface area contributed by atoms with Crippen LogP contribution in [0.5, 0.6) is 0 Å². The first-order chi connectivity index (χ1) is 36.7. The second kappa shape index (κ2) is 18.0. The summed E-state index contributed by atoms with van der Waals surface area (Å²) >= 11 is 0. The molecule has 74 heavy (non-hydrogen) atoms. The van der Waals surface area contributed by atoms with Gasteiger partial charge in [-0.15, -0.1) is 0 Å². The summed E-state index contributed by atoms with van der Waals surface area (Å²) < 4.78 is 0. The third kappa shape index (κ3) is 6.98. The van der Waals surface area contributed by atoms with E-state index in [0.717, 1.165) is 52.0 Å². The largest absolute Gasteiger partial charge is 0.228 e. The number of hydrogen-bond acceptors (Lipinski definition) is 2. The van der Waals surface area contributed by atoms with Gasteiger partial charge in [-0.25, -0.2) is 9.97 Å². The third-order valence-corrected chi connectivity index (χ3v) is 25.7. The zero-order valence-corrected chi connectivity index (χ0v) is 42.9. The molecule has 11 aromatic rings. The molecule has 0 N–H and O–H groups in total. The van der Waals surface area contributed by atoms with Gasteiger partial charge in [0.15, 0.2) is 22.0 Å². The lowest BCUT2D eigenvalue weighted by molar-refractivity contribution is 1.03. The van der Waals surface area contributed by atoms with Crippen LogP contribution in [0.15, 0.2) is 284 Å². The molecule has 348 valence electrons. The molecule has 14 rings (SSSR count). The van der Waals surface area contributed by atoms with E-state index in [9.17, 15) is 0 Å². The minimum absolute atomic E-state index is 0.702. The van der Waals surface area contributed by atoms with Gasteiger partial charge in [-0.05, 0) is 135 Å². The first-order valence-electron chi connectivity index (χ1n) is 25.9. The quantitative estimate of drug-likeness (QED) is 0.135. The SMILES string of the molecule is C1=CC([Si]2(c3ccccc3)c3ccccc3-c3cc(-c4cc(-c5ccc6c(c5)-c5ccccc5[Si]6(c5ccccc5)c5ccccc5)cc(-c5cc(-c6ccccc6)nc(-c6ccccc6)n5)c4)ccc32)=CCC1. The number of aromatic nitrogens is 2. The maximum absolute atomic E-state index is 5.42. The Morgan fingerprint density at radius 3 is 1.23 bits per heavy atom.